The molecule has 0 saturated carbocycles. The lowest BCUT2D eigenvalue weighted by Crippen LogP contribution is -2.13. The van der Waals surface area contributed by atoms with Crippen molar-refractivity contribution < 1.29 is 4.79 Å². The van der Waals surface area contributed by atoms with Gasteiger partial charge in [-0.2, -0.15) is 0 Å². The number of carbonyl (C=O) groups excluding carboxylic acids is 1. The first-order valence-corrected chi connectivity index (χ1v) is 6.34. The number of aromatic nitrogens is 1. The second-order valence-corrected chi connectivity index (χ2v) is 4.31. The van der Waals surface area contributed by atoms with Gasteiger partial charge in [-0.05, 0) is 25.1 Å². The number of amides is 1. The first-order valence-electron chi connectivity index (χ1n) is 5.96. The largest absolute Gasteiger partial charge is 0.370 e. The van der Waals surface area contributed by atoms with Crippen LogP contribution in [0.5, 0.6) is 0 Å². The second-order valence-electron chi connectivity index (χ2n) is 3.90. The summed E-state index contributed by atoms with van der Waals surface area (Å²) in [5, 5.41) is 6.16. The lowest BCUT2D eigenvalue weighted by molar-refractivity contribution is 0.102. The fourth-order valence-corrected chi connectivity index (χ4v) is 1.80. The summed E-state index contributed by atoms with van der Waals surface area (Å²) in [7, 11) is 0. The van der Waals surface area contributed by atoms with Crippen LogP contribution in [0.25, 0.3) is 0 Å². The van der Waals surface area contributed by atoms with Crippen LogP contribution in [-0.4, -0.2) is 17.4 Å². The van der Waals surface area contributed by atoms with Crippen molar-refractivity contribution in [2.75, 3.05) is 17.2 Å². The number of rotatable bonds is 4. The molecule has 0 unspecified atom stereocenters. The van der Waals surface area contributed by atoms with Gasteiger partial charge < -0.3 is 10.6 Å². The van der Waals surface area contributed by atoms with Crippen molar-refractivity contribution in [1.29, 1.82) is 0 Å². The highest BCUT2D eigenvalue weighted by molar-refractivity contribution is 6.34. The minimum Gasteiger partial charge on any atom is -0.370 e. The Morgan fingerprint density at radius 3 is 2.74 bits per heavy atom. The molecule has 2 N–H and O–H groups in total. The third-order valence-corrected chi connectivity index (χ3v) is 2.79. The van der Waals surface area contributed by atoms with Gasteiger partial charge in [-0.25, -0.2) is 4.98 Å². The number of carbonyl (C=O) groups is 1. The summed E-state index contributed by atoms with van der Waals surface area (Å²) in [6.07, 6.45) is 1.47. The number of nitrogens with one attached hydrogen (secondary N) is 2. The fourth-order valence-electron chi connectivity index (χ4n) is 1.61. The highest BCUT2D eigenvalue weighted by Gasteiger charge is 2.12. The molecule has 0 spiro atoms. The molecule has 5 heteroatoms. The molecule has 1 amide bonds. The lowest BCUT2D eigenvalue weighted by Gasteiger charge is -2.08. The van der Waals surface area contributed by atoms with Crippen molar-refractivity contribution in [1.82, 2.24) is 4.98 Å². The van der Waals surface area contributed by atoms with E-state index in [2.05, 4.69) is 15.6 Å². The molecule has 1 aromatic heterocycles. The standard InChI is InChI=1S/C14H14ClN3O/c1-2-16-13-8-11(12(15)9-17-13)14(19)18-10-6-4-3-5-7-10/h3-9H,2H2,1H3,(H,16,17)(H,18,19). The zero-order valence-corrected chi connectivity index (χ0v) is 11.2. The van der Waals surface area contributed by atoms with Gasteiger partial charge in [0.15, 0.2) is 0 Å². The third-order valence-electron chi connectivity index (χ3n) is 2.49. The topological polar surface area (TPSA) is 54.0 Å². The molecule has 0 atom stereocenters. The maximum atomic E-state index is 12.1. The minimum atomic E-state index is -0.252. The van der Waals surface area contributed by atoms with Gasteiger partial charge in [-0.1, -0.05) is 29.8 Å². The van der Waals surface area contributed by atoms with E-state index in [1.165, 1.54) is 6.20 Å². The molecular weight excluding hydrogens is 262 g/mol. The van der Waals surface area contributed by atoms with E-state index in [-0.39, 0.29) is 5.91 Å². The molecule has 1 heterocycles. The van der Waals surface area contributed by atoms with Gasteiger partial charge in [0.25, 0.3) is 5.91 Å². The summed E-state index contributed by atoms with van der Waals surface area (Å²) in [4.78, 5) is 16.2. The fraction of sp³-hybridized carbons (Fsp3) is 0.143. The molecular formula is C14H14ClN3O. The van der Waals surface area contributed by atoms with E-state index < -0.39 is 0 Å². The Labute approximate surface area is 116 Å². The number of anilines is 2. The molecule has 0 radical (unpaired) electrons. The van der Waals surface area contributed by atoms with Crippen molar-refractivity contribution in [2.24, 2.45) is 0 Å². The second kappa shape index (κ2) is 6.20. The molecule has 0 aliphatic carbocycles. The highest BCUT2D eigenvalue weighted by atomic mass is 35.5. The molecule has 0 aliphatic heterocycles. The maximum absolute atomic E-state index is 12.1. The van der Waals surface area contributed by atoms with E-state index in [1.807, 2.05) is 37.3 Å². The molecule has 98 valence electrons. The Kier molecular flexibility index (Phi) is 4.36. The molecule has 2 rings (SSSR count). The highest BCUT2D eigenvalue weighted by Crippen LogP contribution is 2.19. The summed E-state index contributed by atoms with van der Waals surface area (Å²) < 4.78 is 0. The summed E-state index contributed by atoms with van der Waals surface area (Å²) in [5.74, 6) is 0.378. The Bertz CT molecular complexity index is 572. The Morgan fingerprint density at radius 1 is 1.32 bits per heavy atom. The van der Waals surface area contributed by atoms with Gasteiger partial charge in [-0.3, -0.25) is 4.79 Å². The molecule has 1 aromatic carbocycles. The number of nitrogens with zero attached hydrogens (tertiary/aromatic N) is 1. The van der Waals surface area contributed by atoms with Crippen LogP contribution in [0.3, 0.4) is 0 Å². The van der Waals surface area contributed by atoms with Gasteiger partial charge in [0, 0.05) is 18.4 Å². The zero-order chi connectivity index (χ0) is 13.7. The first-order chi connectivity index (χ1) is 9.20. The smallest absolute Gasteiger partial charge is 0.257 e. The maximum Gasteiger partial charge on any atom is 0.257 e. The van der Waals surface area contributed by atoms with E-state index in [0.717, 1.165) is 12.2 Å². The molecule has 0 bridgehead atoms. The lowest BCUT2D eigenvalue weighted by atomic mass is 10.2. The van der Waals surface area contributed by atoms with Crippen LogP contribution in [0.2, 0.25) is 5.02 Å². The monoisotopic (exact) mass is 275 g/mol. The number of hydrogen-bond donors (Lipinski definition) is 2. The number of halogens is 1. The van der Waals surface area contributed by atoms with E-state index in [9.17, 15) is 4.79 Å². The van der Waals surface area contributed by atoms with Crippen LogP contribution in [0.15, 0.2) is 42.6 Å². The molecule has 19 heavy (non-hydrogen) atoms. The van der Waals surface area contributed by atoms with Gasteiger partial charge >= 0.3 is 0 Å². The van der Waals surface area contributed by atoms with E-state index in [0.29, 0.717) is 16.4 Å². The number of benzene rings is 1. The van der Waals surface area contributed by atoms with Crippen LogP contribution >= 0.6 is 11.6 Å². The Hall–Kier alpha value is -2.07. The van der Waals surface area contributed by atoms with Crippen molar-refractivity contribution >= 4 is 29.0 Å². The number of pyridine rings is 1. The Balaban J connectivity index is 2.21. The Morgan fingerprint density at radius 2 is 2.05 bits per heavy atom. The normalized spacial score (nSPS) is 10.0. The number of para-hydroxylation sites is 1. The third kappa shape index (κ3) is 3.45. The summed E-state index contributed by atoms with van der Waals surface area (Å²) in [6, 6.07) is 10.9. The van der Waals surface area contributed by atoms with Gasteiger partial charge in [0.2, 0.25) is 0 Å². The van der Waals surface area contributed by atoms with Crippen molar-refractivity contribution in [2.45, 2.75) is 6.92 Å². The molecule has 0 saturated heterocycles. The van der Waals surface area contributed by atoms with E-state index in [1.54, 1.807) is 6.07 Å². The minimum absolute atomic E-state index is 0.252. The van der Waals surface area contributed by atoms with Crippen molar-refractivity contribution in [3.05, 3.63) is 53.2 Å². The van der Waals surface area contributed by atoms with Crippen molar-refractivity contribution in [3.8, 4) is 0 Å². The predicted octanol–water partition coefficient (Wildman–Crippen LogP) is 3.42. The van der Waals surface area contributed by atoms with Crippen LogP contribution in [0, 0.1) is 0 Å². The SMILES string of the molecule is CCNc1cc(C(=O)Nc2ccccc2)c(Cl)cn1. The molecule has 0 fully saturated rings. The quantitative estimate of drug-likeness (QED) is 0.899. The summed E-state index contributed by atoms with van der Waals surface area (Å²) in [5.41, 5.74) is 1.13. The average molecular weight is 276 g/mol. The van der Waals surface area contributed by atoms with Gasteiger partial charge in [-0.15, -0.1) is 0 Å². The van der Waals surface area contributed by atoms with Crippen LogP contribution < -0.4 is 10.6 Å². The zero-order valence-electron chi connectivity index (χ0n) is 10.5. The predicted molar refractivity (Wildman–Crippen MR) is 77.8 cm³/mol. The molecule has 2 aromatic rings. The average Bonchev–Trinajstić information content (AvgIpc) is 2.42. The van der Waals surface area contributed by atoms with E-state index in [4.69, 9.17) is 11.6 Å². The van der Waals surface area contributed by atoms with Crippen LogP contribution in [0.4, 0.5) is 11.5 Å². The van der Waals surface area contributed by atoms with Gasteiger partial charge in [0.1, 0.15) is 5.82 Å². The first kappa shape index (κ1) is 13.4. The van der Waals surface area contributed by atoms with Crippen LogP contribution in [-0.2, 0) is 0 Å². The molecule has 0 aliphatic rings. The summed E-state index contributed by atoms with van der Waals surface area (Å²) in [6.45, 7) is 2.69. The van der Waals surface area contributed by atoms with Crippen LogP contribution in [0.1, 0.15) is 17.3 Å². The van der Waals surface area contributed by atoms with Gasteiger partial charge in [0.05, 0.1) is 10.6 Å². The molecule has 4 nitrogen and oxygen atoms in total. The van der Waals surface area contributed by atoms with E-state index >= 15 is 0 Å². The number of hydrogen-bond acceptors (Lipinski definition) is 3. The summed E-state index contributed by atoms with van der Waals surface area (Å²) >= 11 is 6.01. The van der Waals surface area contributed by atoms with Crippen molar-refractivity contribution in [3.63, 3.8) is 0 Å².